The topological polar surface area (TPSA) is 29.4 Å². The van der Waals surface area contributed by atoms with Gasteiger partial charge in [0.15, 0.2) is 0 Å². The summed E-state index contributed by atoms with van der Waals surface area (Å²) in [7, 11) is 2.90. The maximum absolute atomic E-state index is 14.5. The van der Waals surface area contributed by atoms with Crippen molar-refractivity contribution in [1.29, 1.82) is 0 Å². The number of hydrogen-bond acceptors (Lipinski definition) is 4. The van der Waals surface area contributed by atoms with Crippen LogP contribution < -0.4 is 10.2 Å². The van der Waals surface area contributed by atoms with E-state index in [0.29, 0.717) is 4.57 Å². The molecule has 2 heterocycles. The molecular weight excluding hydrogens is 465 g/mol. The Balaban J connectivity index is 2.01. The third kappa shape index (κ3) is 4.04. The zero-order chi connectivity index (χ0) is 20.8. The molecule has 0 atom stereocenters. The van der Waals surface area contributed by atoms with Crippen molar-refractivity contribution < 1.29 is 22.3 Å². The monoisotopic (exact) mass is 475 g/mol. The van der Waals surface area contributed by atoms with Gasteiger partial charge in [0.2, 0.25) is 0 Å². The van der Waals surface area contributed by atoms with Crippen LogP contribution in [-0.2, 0) is 13.2 Å². The van der Waals surface area contributed by atoms with E-state index in [4.69, 9.17) is 39.5 Å². The Morgan fingerprint density at radius 2 is 1.86 bits per heavy atom. The molecule has 1 aliphatic rings. The van der Waals surface area contributed by atoms with E-state index in [1.165, 1.54) is 18.0 Å². The number of benzene rings is 1. The zero-order valence-corrected chi connectivity index (χ0v) is 17.4. The molecule has 0 saturated carbocycles. The molecule has 0 bridgehead atoms. The standard InChI is InChI=1S/C16H12Cl3F4N3OS/c1-25-14(16(21,22)23)13(18)12(15(25)19)8-3-11(9(17)4-10(8)20)27-5-7-6-28-26(2)24-7/h3-4,6,24H,5H2,1-2H3. The summed E-state index contributed by atoms with van der Waals surface area (Å²) in [6.45, 7) is 0.0895. The predicted molar refractivity (Wildman–Crippen MR) is 103 cm³/mol. The highest BCUT2D eigenvalue weighted by atomic mass is 35.5. The lowest BCUT2D eigenvalue weighted by Gasteiger charge is -2.13. The summed E-state index contributed by atoms with van der Waals surface area (Å²) in [5, 5.41) is 0.701. The molecule has 3 rings (SSSR count). The van der Waals surface area contributed by atoms with Crippen molar-refractivity contribution >= 4 is 46.8 Å². The van der Waals surface area contributed by atoms with Crippen LogP contribution in [0.4, 0.5) is 17.6 Å². The lowest BCUT2D eigenvalue weighted by atomic mass is 10.1. The summed E-state index contributed by atoms with van der Waals surface area (Å²) in [4.78, 5) is 0. The third-order valence-corrected chi connectivity index (χ3v) is 5.76. The Labute approximate surface area is 177 Å². The molecule has 4 nitrogen and oxygen atoms in total. The van der Waals surface area contributed by atoms with E-state index in [-0.39, 0.29) is 33.7 Å². The Kier molecular flexibility index (Phi) is 6.03. The SMILES string of the molecule is CN1NC(COc2cc(-c3c(Cl)c(C(F)(F)F)n(C)c3Cl)c(F)cc2Cl)=CS1. The predicted octanol–water partition coefficient (Wildman–Crippen LogP) is 6.13. The van der Waals surface area contributed by atoms with Gasteiger partial charge in [0.1, 0.15) is 29.0 Å². The maximum Gasteiger partial charge on any atom is 0.432 e. The fourth-order valence-corrected chi connectivity index (χ4v) is 4.15. The first-order valence-electron chi connectivity index (χ1n) is 7.60. The smallest absolute Gasteiger partial charge is 0.432 e. The van der Waals surface area contributed by atoms with Gasteiger partial charge in [0.05, 0.1) is 15.7 Å². The minimum absolute atomic E-state index is 0.0416. The summed E-state index contributed by atoms with van der Waals surface area (Å²) in [5.41, 5.74) is 2.01. The molecular formula is C16H12Cl3F4N3OS. The molecule has 0 aliphatic carbocycles. The van der Waals surface area contributed by atoms with E-state index in [2.05, 4.69) is 5.43 Å². The largest absolute Gasteiger partial charge is 0.486 e. The number of nitrogens with zero attached hydrogens (tertiary/aromatic N) is 2. The number of hydrazine groups is 1. The molecule has 1 aliphatic heterocycles. The molecule has 0 amide bonds. The first kappa shape index (κ1) is 21.4. The first-order chi connectivity index (χ1) is 13.0. The molecule has 1 N–H and O–H groups in total. The number of ether oxygens (including phenoxy) is 1. The number of aromatic nitrogens is 1. The van der Waals surface area contributed by atoms with Crippen LogP contribution in [0.5, 0.6) is 5.75 Å². The van der Waals surface area contributed by atoms with Crippen molar-refractivity contribution in [3.05, 3.63) is 49.9 Å². The molecule has 0 fully saturated rings. The van der Waals surface area contributed by atoms with Gasteiger partial charge in [-0.25, -0.2) is 4.39 Å². The van der Waals surface area contributed by atoms with Crippen LogP contribution in [0.25, 0.3) is 11.1 Å². The molecule has 0 radical (unpaired) electrons. The summed E-state index contributed by atoms with van der Waals surface area (Å²) >= 11 is 19.4. The second-order valence-corrected chi connectivity index (χ2v) is 7.93. The molecule has 2 aromatic rings. The van der Waals surface area contributed by atoms with Gasteiger partial charge in [-0.2, -0.15) is 17.6 Å². The highest BCUT2D eigenvalue weighted by Gasteiger charge is 2.40. The third-order valence-electron chi connectivity index (χ3n) is 3.86. The fraction of sp³-hybridized carbons (Fsp3) is 0.250. The molecule has 1 aromatic heterocycles. The van der Waals surface area contributed by atoms with Crippen molar-refractivity contribution in [1.82, 2.24) is 14.4 Å². The Hall–Kier alpha value is -1.26. The van der Waals surface area contributed by atoms with Crippen LogP contribution in [-0.4, -0.2) is 22.6 Å². The second kappa shape index (κ2) is 7.87. The van der Waals surface area contributed by atoms with Crippen molar-refractivity contribution in [2.24, 2.45) is 7.05 Å². The summed E-state index contributed by atoms with van der Waals surface area (Å²) in [6, 6.07) is 2.12. The Morgan fingerprint density at radius 3 is 2.39 bits per heavy atom. The van der Waals surface area contributed by atoms with E-state index in [0.717, 1.165) is 18.8 Å². The van der Waals surface area contributed by atoms with Gasteiger partial charge in [-0.15, -0.1) is 0 Å². The van der Waals surface area contributed by atoms with Gasteiger partial charge in [-0.05, 0) is 24.1 Å². The number of alkyl halides is 3. The number of nitrogens with one attached hydrogen (secondary N) is 1. The number of rotatable bonds is 4. The van der Waals surface area contributed by atoms with Crippen molar-refractivity contribution in [2.75, 3.05) is 13.7 Å². The quantitative estimate of drug-likeness (QED) is 0.425. The number of hydrogen-bond donors (Lipinski definition) is 1. The van der Waals surface area contributed by atoms with E-state index in [9.17, 15) is 17.6 Å². The molecule has 0 spiro atoms. The van der Waals surface area contributed by atoms with Gasteiger partial charge in [-0.3, -0.25) is 0 Å². The Bertz CT molecular complexity index is 962. The van der Waals surface area contributed by atoms with Crippen molar-refractivity contribution in [3.8, 4) is 16.9 Å². The van der Waals surface area contributed by atoms with E-state index in [1.54, 1.807) is 16.9 Å². The average Bonchev–Trinajstić information content (AvgIpc) is 3.08. The van der Waals surface area contributed by atoms with Gasteiger partial charge in [-0.1, -0.05) is 34.8 Å². The lowest BCUT2D eigenvalue weighted by molar-refractivity contribution is -0.142. The molecule has 152 valence electrons. The van der Waals surface area contributed by atoms with E-state index < -0.39 is 22.7 Å². The van der Waals surface area contributed by atoms with Crippen LogP contribution in [0.15, 0.2) is 23.2 Å². The van der Waals surface area contributed by atoms with Gasteiger partial charge in [0.25, 0.3) is 0 Å². The zero-order valence-electron chi connectivity index (χ0n) is 14.3. The molecule has 0 unspecified atom stereocenters. The van der Waals surface area contributed by atoms with Crippen molar-refractivity contribution in [3.63, 3.8) is 0 Å². The number of halogens is 7. The van der Waals surface area contributed by atoms with E-state index in [1.807, 2.05) is 0 Å². The highest BCUT2D eigenvalue weighted by Crippen LogP contribution is 2.47. The van der Waals surface area contributed by atoms with Gasteiger partial charge in [0, 0.05) is 30.6 Å². The van der Waals surface area contributed by atoms with Gasteiger partial charge < -0.3 is 14.7 Å². The average molecular weight is 477 g/mol. The molecule has 0 saturated heterocycles. The maximum atomic E-state index is 14.5. The minimum atomic E-state index is -4.76. The first-order valence-corrected chi connectivity index (χ1v) is 9.57. The van der Waals surface area contributed by atoms with Crippen LogP contribution in [0.1, 0.15) is 5.69 Å². The molecule has 28 heavy (non-hydrogen) atoms. The molecule has 12 heteroatoms. The van der Waals surface area contributed by atoms with Crippen LogP contribution in [0, 0.1) is 5.82 Å². The second-order valence-electron chi connectivity index (χ2n) is 5.79. The summed E-state index contributed by atoms with van der Waals surface area (Å²) < 4.78 is 62.3. The van der Waals surface area contributed by atoms with Crippen LogP contribution >= 0.6 is 46.8 Å². The fourth-order valence-electron chi connectivity index (χ4n) is 2.62. The summed E-state index contributed by atoms with van der Waals surface area (Å²) in [6.07, 6.45) is -4.76. The van der Waals surface area contributed by atoms with Gasteiger partial charge >= 0.3 is 6.18 Å². The normalized spacial score (nSPS) is 15.0. The summed E-state index contributed by atoms with van der Waals surface area (Å²) in [5.74, 6) is -0.807. The minimum Gasteiger partial charge on any atom is -0.486 e. The van der Waals surface area contributed by atoms with Crippen LogP contribution in [0.3, 0.4) is 0 Å². The highest BCUT2D eigenvalue weighted by molar-refractivity contribution is 8.00. The Morgan fingerprint density at radius 1 is 1.18 bits per heavy atom. The van der Waals surface area contributed by atoms with Crippen LogP contribution in [0.2, 0.25) is 15.2 Å². The van der Waals surface area contributed by atoms with E-state index >= 15 is 0 Å². The van der Waals surface area contributed by atoms with Crippen molar-refractivity contribution in [2.45, 2.75) is 6.18 Å². The molecule has 1 aromatic carbocycles. The lowest BCUT2D eigenvalue weighted by Crippen LogP contribution is -2.25.